The van der Waals surface area contributed by atoms with E-state index in [9.17, 15) is 9.59 Å². The highest BCUT2D eigenvalue weighted by atomic mass is 16.5. The Bertz CT molecular complexity index is 744. The van der Waals surface area contributed by atoms with Gasteiger partial charge in [-0.1, -0.05) is 134 Å². The van der Waals surface area contributed by atoms with Gasteiger partial charge in [0.1, 0.15) is 12.4 Å². The molecular formula is C43H79NO3. The molecule has 0 aromatic rings. The molecule has 0 aromatic carbocycles. The molecule has 0 atom stereocenters. The second-order valence-electron chi connectivity index (χ2n) is 14.5. The number of rotatable bonds is 33. The third-order valence-corrected chi connectivity index (χ3v) is 10.0. The molecule has 0 fully saturated rings. The Kier molecular flexibility index (Phi) is 32.0. The van der Waals surface area contributed by atoms with Gasteiger partial charge in [0, 0.05) is 25.9 Å². The summed E-state index contributed by atoms with van der Waals surface area (Å²) in [6.07, 6.45) is 45.3. The first-order valence-electron chi connectivity index (χ1n) is 20.9. The molecule has 0 amide bonds. The topological polar surface area (TPSA) is 46.6 Å². The fourth-order valence-corrected chi connectivity index (χ4v) is 6.89. The van der Waals surface area contributed by atoms with Gasteiger partial charge in [-0.05, 0) is 96.4 Å². The molecule has 1 aliphatic rings. The van der Waals surface area contributed by atoms with Crippen LogP contribution in [0.25, 0.3) is 0 Å². The first-order chi connectivity index (χ1) is 23.2. The van der Waals surface area contributed by atoms with Crippen LogP contribution in [0.5, 0.6) is 0 Å². The lowest BCUT2D eigenvalue weighted by Crippen LogP contribution is -2.28. The molecule has 274 valence electrons. The van der Waals surface area contributed by atoms with Crippen molar-refractivity contribution in [2.45, 2.75) is 219 Å². The summed E-state index contributed by atoms with van der Waals surface area (Å²) in [6.45, 7) is 8.16. The molecule has 1 heterocycles. The van der Waals surface area contributed by atoms with E-state index in [-0.39, 0.29) is 12.1 Å². The lowest BCUT2D eigenvalue weighted by atomic mass is 10.00. The van der Waals surface area contributed by atoms with Crippen molar-refractivity contribution in [1.29, 1.82) is 0 Å². The van der Waals surface area contributed by atoms with Crippen molar-refractivity contribution in [2.24, 2.45) is 0 Å². The normalized spacial score (nSPS) is 15.1. The van der Waals surface area contributed by atoms with Gasteiger partial charge in [-0.15, -0.1) is 0 Å². The van der Waals surface area contributed by atoms with E-state index in [0.717, 1.165) is 38.4 Å². The summed E-state index contributed by atoms with van der Waals surface area (Å²) >= 11 is 0. The molecular weight excluding hydrogens is 578 g/mol. The van der Waals surface area contributed by atoms with Crippen molar-refractivity contribution in [3.8, 4) is 0 Å². The van der Waals surface area contributed by atoms with Crippen molar-refractivity contribution < 1.29 is 14.3 Å². The van der Waals surface area contributed by atoms with Crippen LogP contribution >= 0.6 is 0 Å². The van der Waals surface area contributed by atoms with E-state index in [1.165, 1.54) is 174 Å². The predicted molar refractivity (Wildman–Crippen MR) is 204 cm³/mol. The quantitative estimate of drug-likeness (QED) is 0.0305. The van der Waals surface area contributed by atoms with Crippen LogP contribution in [-0.4, -0.2) is 42.9 Å². The summed E-state index contributed by atoms with van der Waals surface area (Å²) in [5.74, 6) is 0.0433. The molecule has 0 aliphatic carbocycles. The smallest absolute Gasteiger partial charge is 0.306 e. The number of aldehydes is 1. The van der Waals surface area contributed by atoms with Crippen molar-refractivity contribution in [3.05, 3.63) is 23.8 Å². The number of hydrogen-bond donors (Lipinski definition) is 0. The Balaban J connectivity index is 2.32. The Morgan fingerprint density at radius 3 is 1.85 bits per heavy atom. The summed E-state index contributed by atoms with van der Waals surface area (Å²) in [5.41, 5.74) is 1.65. The average Bonchev–Trinajstić information content (AvgIpc) is 3.05. The van der Waals surface area contributed by atoms with Crippen LogP contribution in [0.1, 0.15) is 213 Å². The van der Waals surface area contributed by atoms with Crippen LogP contribution < -0.4 is 0 Å². The van der Waals surface area contributed by atoms with Crippen molar-refractivity contribution in [1.82, 2.24) is 4.90 Å². The van der Waals surface area contributed by atoms with Gasteiger partial charge in [0.15, 0.2) is 0 Å². The first kappa shape index (κ1) is 43.6. The molecule has 1 aliphatic heterocycles. The minimum Gasteiger partial charge on any atom is -0.462 e. The van der Waals surface area contributed by atoms with Crippen LogP contribution in [0.3, 0.4) is 0 Å². The molecule has 1 rings (SSSR count). The lowest BCUT2D eigenvalue weighted by Gasteiger charge is -2.23. The fourth-order valence-electron chi connectivity index (χ4n) is 6.89. The molecule has 0 unspecified atom stereocenters. The van der Waals surface area contributed by atoms with Gasteiger partial charge in [0.25, 0.3) is 0 Å². The zero-order chi connectivity index (χ0) is 33.9. The van der Waals surface area contributed by atoms with Gasteiger partial charge in [0.05, 0.1) is 0 Å². The number of carbonyl (C=O) groups excluding carboxylic acids is 2. The van der Waals surface area contributed by atoms with Gasteiger partial charge in [-0.3, -0.25) is 4.79 Å². The number of hydrogen-bond acceptors (Lipinski definition) is 4. The maximum atomic E-state index is 12.7. The van der Waals surface area contributed by atoms with Gasteiger partial charge < -0.3 is 14.4 Å². The van der Waals surface area contributed by atoms with Crippen LogP contribution in [-0.2, 0) is 14.3 Å². The predicted octanol–water partition coefficient (Wildman–Crippen LogP) is 13.0. The van der Waals surface area contributed by atoms with E-state index in [4.69, 9.17) is 4.74 Å². The van der Waals surface area contributed by atoms with E-state index in [2.05, 4.69) is 37.0 Å². The number of ether oxygens (including phenoxy) is 1. The zero-order valence-corrected chi connectivity index (χ0v) is 31.6. The van der Waals surface area contributed by atoms with Crippen molar-refractivity contribution in [2.75, 3.05) is 19.6 Å². The summed E-state index contributed by atoms with van der Waals surface area (Å²) in [5, 5.41) is 0. The van der Waals surface area contributed by atoms with E-state index >= 15 is 0 Å². The number of carbonyl (C=O) groups is 2. The SMILES string of the molecule is CCCCCCCCC(CCCCCCCC)OC(=O)CCCCCCC/C=C(/CCCCCCC=O)CCN1CC/C=C/CCC1. The Morgan fingerprint density at radius 1 is 0.638 bits per heavy atom. The second-order valence-corrected chi connectivity index (χ2v) is 14.5. The van der Waals surface area contributed by atoms with E-state index in [1.54, 1.807) is 5.57 Å². The highest BCUT2D eigenvalue weighted by molar-refractivity contribution is 5.69. The van der Waals surface area contributed by atoms with Crippen LogP contribution in [0.2, 0.25) is 0 Å². The number of unbranched alkanes of at least 4 members (excludes halogenated alkanes) is 19. The lowest BCUT2D eigenvalue weighted by molar-refractivity contribution is -0.150. The summed E-state index contributed by atoms with van der Waals surface area (Å²) in [6, 6.07) is 0. The van der Waals surface area contributed by atoms with Crippen molar-refractivity contribution in [3.63, 3.8) is 0 Å². The monoisotopic (exact) mass is 658 g/mol. The Labute approximate surface area is 293 Å². The molecule has 4 heteroatoms. The number of allylic oxidation sites excluding steroid dienone is 2. The maximum Gasteiger partial charge on any atom is 0.306 e. The van der Waals surface area contributed by atoms with Crippen LogP contribution in [0.4, 0.5) is 0 Å². The minimum atomic E-state index is 0.0433. The fraction of sp³-hybridized carbons (Fsp3) is 0.860. The molecule has 0 saturated carbocycles. The summed E-state index contributed by atoms with van der Waals surface area (Å²) < 4.78 is 6.05. The molecule has 4 nitrogen and oxygen atoms in total. The molecule has 0 saturated heterocycles. The minimum absolute atomic E-state index is 0.0433. The number of esters is 1. The number of nitrogens with zero attached hydrogens (tertiary/aromatic N) is 1. The van der Waals surface area contributed by atoms with E-state index in [0.29, 0.717) is 12.8 Å². The van der Waals surface area contributed by atoms with Gasteiger partial charge in [-0.2, -0.15) is 0 Å². The molecule has 0 bridgehead atoms. The van der Waals surface area contributed by atoms with Crippen molar-refractivity contribution >= 4 is 12.3 Å². The van der Waals surface area contributed by atoms with Gasteiger partial charge >= 0.3 is 5.97 Å². The largest absolute Gasteiger partial charge is 0.462 e. The third kappa shape index (κ3) is 29.2. The first-order valence-corrected chi connectivity index (χ1v) is 20.9. The molecule has 0 radical (unpaired) electrons. The van der Waals surface area contributed by atoms with E-state index in [1.807, 2.05) is 0 Å². The molecule has 0 N–H and O–H groups in total. The summed E-state index contributed by atoms with van der Waals surface area (Å²) in [4.78, 5) is 26.0. The maximum absolute atomic E-state index is 12.7. The Morgan fingerprint density at radius 2 is 1.19 bits per heavy atom. The third-order valence-electron chi connectivity index (χ3n) is 10.0. The highest BCUT2D eigenvalue weighted by Crippen LogP contribution is 2.20. The zero-order valence-electron chi connectivity index (χ0n) is 31.6. The highest BCUT2D eigenvalue weighted by Gasteiger charge is 2.14. The van der Waals surface area contributed by atoms with E-state index < -0.39 is 0 Å². The van der Waals surface area contributed by atoms with Gasteiger partial charge in [0.2, 0.25) is 0 Å². The van der Waals surface area contributed by atoms with Gasteiger partial charge in [-0.25, -0.2) is 0 Å². The molecule has 47 heavy (non-hydrogen) atoms. The molecule has 0 aromatic heterocycles. The second kappa shape index (κ2) is 34.4. The molecule has 0 spiro atoms. The van der Waals surface area contributed by atoms with Crippen LogP contribution in [0.15, 0.2) is 23.8 Å². The standard InChI is InChI=1S/C43H79NO3/c1-3-5-7-9-17-25-33-42(34-26-18-10-8-6-4-2)47-43(46)35-27-19-12-11-15-23-31-41(32-24-16-13-22-30-40-45)36-39-44-37-28-20-14-21-29-38-44/h14,20,31,40,42H,3-13,15-19,21-30,32-39H2,1-2H3/b20-14+,41-31-. The average molecular weight is 658 g/mol. The Hall–Kier alpha value is -1.42. The summed E-state index contributed by atoms with van der Waals surface area (Å²) in [7, 11) is 0. The van der Waals surface area contributed by atoms with Crippen LogP contribution in [0, 0.1) is 0 Å².